The van der Waals surface area contributed by atoms with E-state index in [1.807, 2.05) is 25.6 Å². The molecule has 358 valence electrons. The summed E-state index contributed by atoms with van der Waals surface area (Å²) in [7, 11) is 0. The van der Waals surface area contributed by atoms with Crippen molar-refractivity contribution in [2.24, 2.45) is 23.3 Å². The molecular formula is C40H67N13O10S. The Bertz CT molecular complexity index is 1720. The summed E-state index contributed by atoms with van der Waals surface area (Å²) in [6.45, 7) is 3.33. The molecule has 23 nitrogen and oxygen atoms in total. The molecule has 10 amide bonds. The van der Waals surface area contributed by atoms with E-state index in [-0.39, 0.29) is 62.0 Å². The molecule has 1 unspecified atom stereocenters. The highest BCUT2D eigenvalue weighted by atomic mass is 32.2. The number of nitrogens with one attached hydrogen (secondary N) is 10. The lowest BCUT2D eigenvalue weighted by Crippen LogP contribution is -2.56. The van der Waals surface area contributed by atoms with Crippen molar-refractivity contribution in [1.82, 2.24) is 58.0 Å². The number of thioether (sulfide) groups is 1. The minimum atomic E-state index is -1.21. The summed E-state index contributed by atoms with van der Waals surface area (Å²) in [5.41, 5.74) is 13.2. The van der Waals surface area contributed by atoms with Crippen LogP contribution in [0.25, 0.3) is 0 Å². The maximum absolute atomic E-state index is 13.7. The molecule has 1 aromatic heterocycles. The number of urea groups is 1. The molecule has 0 aromatic carbocycles. The first-order valence-electron chi connectivity index (χ1n) is 21.9. The number of hydrogen-bond acceptors (Lipinski definition) is 13. The number of hydroxylamine groups is 1. The van der Waals surface area contributed by atoms with Gasteiger partial charge in [-0.15, -0.1) is 0 Å². The highest BCUT2D eigenvalue weighted by molar-refractivity contribution is 8.00. The van der Waals surface area contributed by atoms with Crippen molar-refractivity contribution in [2.45, 2.75) is 133 Å². The van der Waals surface area contributed by atoms with Gasteiger partial charge in [-0.1, -0.05) is 20.3 Å². The topological polar surface area (TPSA) is 363 Å². The average Bonchev–Trinajstić information content (AvgIpc) is 4.00. The van der Waals surface area contributed by atoms with Gasteiger partial charge in [-0.05, 0) is 70.3 Å². The molecule has 3 rings (SSSR count). The summed E-state index contributed by atoms with van der Waals surface area (Å²) in [4.78, 5) is 120. The van der Waals surface area contributed by atoms with Crippen LogP contribution < -0.4 is 59.5 Å². The number of primary amides is 1. The van der Waals surface area contributed by atoms with Gasteiger partial charge in [0, 0.05) is 54.6 Å². The molecule has 3 heterocycles. The smallest absolute Gasteiger partial charge is 0.315 e. The number of unbranched alkanes of at least 4 members (excludes halogenated alkanes) is 3. The highest BCUT2D eigenvalue weighted by Gasteiger charge is 2.42. The van der Waals surface area contributed by atoms with Gasteiger partial charge in [0.05, 0.1) is 31.5 Å². The largest absolute Gasteiger partial charge is 0.368 e. The Morgan fingerprint density at radius 1 is 0.812 bits per heavy atom. The molecule has 0 bridgehead atoms. The lowest BCUT2D eigenvalue weighted by molar-refractivity contribution is -0.137. The van der Waals surface area contributed by atoms with Gasteiger partial charge in [0.2, 0.25) is 47.3 Å². The van der Waals surface area contributed by atoms with Gasteiger partial charge < -0.3 is 59.0 Å². The van der Waals surface area contributed by atoms with Gasteiger partial charge in [0.25, 0.3) is 0 Å². The van der Waals surface area contributed by atoms with Crippen molar-refractivity contribution in [3.63, 3.8) is 0 Å². The van der Waals surface area contributed by atoms with Crippen molar-refractivity contribution in [1.29, 1.82) is 0 Å². The van der Waals surface area contributed by atoms with Crippen LogP contribution in [-0.4, -0.2) is 136 Å². The van der Waals surface area contributed by atoms with E-state index in [1.54, 1.807) is 0 Å². The number of aromatic nitrogens is 2. The molecule has 7 atom stereocenters. The van der Waals surface area contributed by atoms with Crippen LogP contribution in [0.5, 0.6) is 0 Å². The van der Waals surface area contributed by atoms with Crippen LogP contribution in [-0.2, 0) is 44.8 Å². The molecule has 1 aromatic rings. The fourth-order valence-electron chi connectivity index (χ4n) is 7.40. The zero-order valence-electron chi connectivity index (χ0n) is 36.6. The first kappa shape index (κ1) is 52.9. The first-order valence-corrected chi connectivity index (χ1v) is 22.9. The van der Waals surface area contributed by atoms with Gasteiger partial charge in [-0.25, -0.2) is 15.3 Å². The summed E-state index contributed by atoms with van der Waals surface area (Å²) in [6, 6.07) is -3.20. The second-order valence-corrected chi connectivity index (χ2v) is 17.8. The molecule has 0 saturated carbocycles. The van der Waals surface area contributed by atoms with Crippen LogP contribution in [0.15, 0.2) is 12.5 Å². The molecule has 24 heteroatoms. The summed E-state index contributed by atoms with van der Waals surface area (Å²) in [5.74, 6) is -5.08. The minimum Gasteiger partial charge on any atom is -0.368 e. The number of hydrogen-bond donors (Lipinski definition) is 13. The summed E-state index contributed by atoms with van der Waals surface area (Å²) in [5, 5.41) is 30.8. The van der Waals surface area contributed by atoms with Crippen LogP contribution in [0.3, 0.4) is 0 Å². The number of H-pyrrole nitrogens is 1. The average molecular weight is 922 g/mol. The number of carbonyl (C=O) groups excluding carboxylic acids is 9. The van der Waals surface area contributed by atoms with Crippen LogP contribution >= 0.6 is 11.8 Å². The van der Waals surface area contributed by atoms with E-state index in [4.69, 9.17) is 16.7 Å². The fourth-order valence-corrected chi connectivity index (χ4v) is 8.94. The van der Waals surface area contributed by atoms with Crippen LogP contribution in [0.4, 0.5) is 4.79 Å². The van der Waals surface area contributed by atoms with E-state index in [2.05, 4.69) is 52.5 Å². The van der Waals surface area contributed by atoms with E-state index >= 15 is 0 Å². The van der Waals surface area contributed by atoms with E-state index in [1.165, 1.54) is 18.0 Å². The number of rotatable bonds is 31. The van der Waals surface area contributed by atoms with E-state index in [0.717, 1.165) is 25.0 Å². The standard InChI is InChI=1S/C40H67N13O10S/c1-23(2)15-24(16-32(55)53-63)37(59)50-28(17-25-18-43-22-47-25)39(61)49-27(10-5-7-13-41)38(60)46-19-33(56)45-20-34(57)48-26(36(42)58)9-6-8-14-44-31(54)12-4-3-11-30-35-29(21-64-30)51-40(62)52-35/h18,22-24,26-30,35,63H,3-17,19-21,41H2,1-2H3,(H2,42,58)(H,43,47)(H,44,54)(H,45,56)(H,46,60)(H,48,57)(H,49,61)(H,50,59)(H,53,55)(H2,51,52,62)/t24?,26-,27-,28-,29-,30-,35-/m0/s1. The summed E-state index contributed by atoms with van der Waals surface area (Å²) < 4.78 is 0. The Morgan fingerprint density at radius 3 is 2.22 bits per heavy atom. The number of nitrogens with zero attached hydrogens (tertiary/aromatic N) is 1. The van der Waals surface area contributed by atoms with Gasteiger partial charge in [-0.2, -0.15) is 11.8 Å². The lowest BCUT2D eigenvalue weighted by Gasteiger charge is -2.25. The summed E-state index contributed by atoms with van der Waals surface area (Å²) >= 11 is 1.83. The number of amides is 10. The number of aromatic amines is 1. The molecule has 2 aliphatic rings. The maximum atomic E-state index is 13.7. The van der Waals surface area contributed by atoms with Gasteiger partial charge in [0.1, 0.15) is 18.1 Å². The zero-order chi connectivity index (χ0) is 47.0. The highest BCUT2D eigenvalue weighted by Crippen LogP contribution is 2.33. The lowest BCUT2D eigenvalue weighted by atomic mass is 9.92. The van der Waals surface area contributed by atoms with Gasteiger partial charge >= 0.3 is 6.03 Å². The zero-order valence-corrected chi connectivity index (χ0v) is 37.4. The Labute approximate surface area is 376 Å². The molecule has 0 aliphatic carbocycles. The van der Waals surface area contributed by atoms with Crippen molar-refractivity contribution >= 4 is 65.1 Å². The Morgan fingerprint density at radius 2 is 1.53 bits per heavy atom. The molecule has 2 aliphatic heterocycles. The monoisotopic (exact) mass is 921 g/mol. The fraction of sp³-hybridized carbons (Fsp3) is 0.700. The number of imidazole rings is 1. The Kier molecular flexibility index (Phi) is 23.4. The van der Waals surface area contributed by atoms with Crippen LogP contribution in [0, 0.1) is 11.8 Å². The van der Waals surface area contributed by atoms with E-state index in [9.17, 15) is 43.2 Å². The van der Waals surface area contributed by atoms with Crippen molar-refractivity contribution in [3.05, 3.63) is 18.2 Å². The van der Waals surface area contributed by atoms with Crippen LogP contribution in [0.1, 0.15) is 96.6 Å². The molecular weight excluding hydrogens is 855 g/mol. The van der Waals surface area contributed by atoms with Crippen molar-refractivity contribution < 1.29 is 48.4 Å². The molecule has 15 N–H and O–H groups in total. The van der Waals surface area contributed by atoms with Crippen molar-refractivity contribution in [3.8, 4) is 0 Å². The third-order valence-corrected chi connectivity index (χ3v) is 12.3. The predicted octanol–water partition coefficient (Wildman–Crippen LogP) is -2.18. The summed E-state index contributed by atoms with van der Waals surface area (Å²) in [6.07, 6.45) is 7.97. The number of carbonyl (C=O) groups is 9. The number of fused-ring (bicyclic) bond motifs is 1. The van der Waals surface area contributed by atoms with E-state index < -0.39 is 78.5 Å². The molecule has 2 fully saturated rings. The SMILES string of the molecule is CC(C)CC(CC(=O)NO)C(=O)N[C@@H](Cc1cnc[nH]1)C(=O)N[C@@H](CCCCN)C(=O)NCC(=O)NCC(=O)N[C@@H](CCCCNC(=O)CCCC[C@@H]1SC[C@@H]2NC(=O)N[C@@H]21)C(N)=O. The third kappa shape index (κ3) is 19.5. The first-order chi connectivity index (χ1) is 30.6. The van der Waals surface area contributed by atoms with E-state index in [0.29, 0.717) is 56.1 Å². The third-order valence-electron chi connectivity index (χ3n) is 10.7. The molecule has 0 radical (unpaired) electrons. The maximum Gasteiger partial charge on any atom is 0.315 e. The van der Waals surface area contributed by atoms with Crippen molar-refractivity contribution in [2.75, 3.05) is 31.9 Å². The van der Waals surface area contributed by atoms with Gasteiger partial charge in [0.15, 0.2) is 0 Å². The quantitative estimate of drug-likeness (QED) is 0.0163. The Hall–Kier alpha value is -5.49. The Balaban J connectivity index is 1.41. The van der Waals surface area contributed by atoms with Crippen LogP contribution in [0.2, 0.25) is 0 Å². The molecule has 64 heavy (non-hydrogen) atoms. The molecule has 2 saturated heterocycles. The normalized spacial score (nSPS) is 18.3. The molecule has 0 spiro atoms. The number of nitrogens with two attached hydrogens (primary N) is 2. The second-order valence-electron chi connectivity index (χ2n) is 16.5. The predicted molar refractivity (Wildman–Crippen MR) is 235 cm³/mol. The second kappa shape index (κ2) is 28.3. The van der Waals surface area contributed by atoms with Gasteiger partial charge in [-0.3, -0.25) is 43.6 Å². The minimum absolute atomic E-state index is 0.000158.